The molecule has 2 aromatic carbocycles. The quantitative estimate of drug-likeness (QED) is 0.780. The fraction of sp³-hybridized carbons (Fsp3) is 0.409. The maximum Gasteiger partial charge on any atom is 0.416 e. The molecule has 0 saturated carbocycles. The Balaban J connectivity index is 1.42. The standard InChI is InChI=1S/C22H25F3N2O2/c1-16-13-19(11-12-27(16)14-17-5-3-2-4-6-17)26-21(28)15-29-20-9-7-18(8-10-20)22(23,24)25/h2-10,16,19H,11-15H2,1H3,(H,26,28)/t16-,19-/m1/s1. The number of hydrogen-bond acceptors (Lipinski definition) is 3. The highest BCUT2D eigenvalue weighted by Gasteiger charge is 2.30. The fourth-order valence-electron chi connectivity index (χ4n) is 3.56. The van der Waals surface area contributed by atoms with E-state index in [9.17, 15) is 18.0 Å². The van der Waals surface area contributed by atoms with E-state index in [4.69, 9.17) is 4.74 Å². The number of amides is 1. The third-order valence-electron chi connectivity index (χ3n) is 5.16. The van der Waals surface area contributed by atoms with E-state index >= 15 is 0 Å². The molecule has 0 spiro atoms. The first-order valence-corrected chi connectivity index (χ1v) is 9.68. The van der Waals surface area contributed by atoms with Gasteiger partial charge in [0.1, 0.15) is 5.75 Å². The zero-order valence-electron chi connectivity index (χ0n) is 16.3. The molecule has 1 amide bonds. The van der Waals surface area contributed by atoms with Crippen molar-refractivity contribution in [3.05, 3.63) is 65.7 Å². The molecule has 0 bridgehead atoms. The number of hydrogen-bond donors (Lipinski definition) is 1. The number of carbonyl (C=O) groups is 1. The van der Waals surface area contributed by atoms with E-state index in [-0.39, 0.29) is 24.3 Å². The molecule has 0 unspecified atom stereocenters. The monoisotopic (exact) mass is 406 g/mol. The SMILES string of the molecule is C[C@@H]1C[C@H](NC(=O)COc2ccc(C(F)(F)F)cc2)CCN1Cc1ccccc1. The number of alkyl halides is 3. The maximum atomic E-state index is 12.6. The van der Waals surface area contributed by atoms with Crippen LogP contribution in [0.1, 0.15) is 30.9 Å². The Morgan fingerprint density at radius 1 is 1.14 bits per heavy atom. The van der Waals surface area contributed by atoms with Crippen LogP contribution in [0.2, 0.25) is 0 Å². The van der Waals surface area contributed by atoms with Crippen LogP contribution in [-0.4, -0.2) is 36.0 Å². The number of nitrogens with one attached hydrogen (secondary N) is 1. The molecule has 1 heterocycles. The van der Waals surface area contributed by atoms with E-state index in [1.54, 1.807) is 0 Å². The molecule has 1 fully saturated rings. The number of halogens is 3. The van der Waals surface area contributed by atoms with E-state index in [2.05, 4.69) is 29.3 Å². The first-order chi connectivity index (χ1) is 13.8. The van der Waals surface area contributed by atoms with Gasteiger partial charge in [0.05, 0.1) is 5.56 Å². The lowest BCUT2D eigenvalue weighted by atomic mass is 9.97. The number of rotatable bonds is 6. The molecule has 7 heteroatoms. The Labute approximate surface area is 168 Å². The van der Waals surface area contributed by atoms with Crippen molar-refractivity contribution in [2.24, 2.45) is 0 Å². The van der Waals surface area contributed by atoms with E-state index in [0.29, 0.717) is 6.04 Å². The van der Waals surface area contributed by atoms with Crippen LogP contribution in [0.5, 0.6) is 5.75 Å². The van der Waals surface area contributed by atoms with Crippen molar-refractivity contribution in [3.63, 3.8) is 0 Å². The minimum atomic E-state index is -4.39. The molecule has 0 aromatic heterocycles. The van der Waals surface area contributed by atoms with Crippen LogP contribution in [0.3, 0.4) is 0 Å². The van der Waals surface area contributed by atoms with Gasteiger partial charge in [0.15, 0.2) is 6.61 Å². The zero-order valence-corrected chi connectivity index (χ0v) is 16.3. The van der Waals surface area contributed by atoms with Crippen LogP contribution >= 0.6 is 0 Å². The summed E-state index contributed by atoms with van der Waals surface area (Å²) in [5, 5.41) is 2.97. The lowest BCUT2D eigenvalue weighted by molar-refractivity contribution is -0.137. The van der Waals surface area contributed by atoms with Gasteiger partial charge in [0.25, 0.3) is 5.91 Å². The second-order valence-electron chi connectivity index (χ2n) is 7.40. The predicted octanol–water partition coefficient (Wildman–Crippen LogP) is 4.25. The number of piperidine rings is 1. The summed E-state index contributed by atoms with van der Waals surface area (Å²) in [4.78, 5) is 14.6. The third-order valence-corrected chi connectivity index (χ3v) is 5.16. The number of nitrogens with zero attached hydrogens (tertiary/aromatic N) is 1. The molecule has 3 rings (SSSR count). The molecule has 4 nitrogen and oxygen atoms in total. The number of ether oxygens (including phenoxy) is 1. The Bertz CT molecular complexity index is 794. The Kier molecular flexibility index (Phi) is 6.79. The van der Waals surface area contributed by atoms with Crippen molar-refractivity contribution in [1.29, 1.82) is 0 Å². The number of carbonyl (C=O) groups excluding carboxylic acids is 1. The topological polar surface area (TPSA) is 41.6 Å². The molecule has 29 heavy (non-hydrogen) atoms. The van der Waals surface area contributed by atoms with Gasteiger partial charge in [0.2, 0.25) is 0 Å². The molecule has 0 radical (unpaired) electrons. The first-order valence-electron chi connectivity index (χ1n) is 9.68. The number of likely N-dealkylation sites (tertiary alicyclic amines) is 1. The second-order valence-corrected chi connectivity index (χ2v) is 7.40. The van der Waals surface area contributed by atoms with Crippen LogP contribution in [0.25, 0.3) is 0 Å². The molecule has 0 aliphatic carbocycles. The lowest BCUT2D eigenvalue weighted by Crippen LogP contribution is -2.49. The summed E-state index contributed by atoms with van der Waals surface area (Å²) in [5.74, 6) is -0.0298. The minimum Gasteiger partial charge on any atom is -0.484 e. The molecule has 2 atom stereocenters. The van der Waals surface area contributed by atoms with Gasteiger partial charge in [-0.2, -0.15) is 13.2 Å². The largest absolute Gasteiger partial charge is 0.484 e. The van der Waals surface area contributed by atoms with Crippen molar-refractivity contribution in [2.45, 2.75) is 44.6 Å². The Morgan fingerprint density at radius 3 is 2.45 bits per heavy atom. The van der Waals surface area contributed by atoms with Crippen molar-refractivity contribution in [1.82, 2.24) is 10.2 Å². The lowest BCUT2D eigenvalue weighted by Gasteiger charge is -2.38. The minimum absolute atomic E-state index is 0.0701. The first kappa shape index (κ1) is 21.2. The zero-order chi connectivity index (χ0) is 20.9. The third kappa shape index (κ3) is 6.22. The maximum absolute atomic E-state index is 12.6. The molecule has 1 aliphatic rings. The molecular weight excluding hydrogens is 381 g/mol. The summed E-state index contributed by atoms with van der Waals surface area (Å²) < 4.78 is 43.0. The van der Waals surface area contributed by atoms with Crippen LogP contribution in [0, 0.1) is 0 Å². The van der Waals surface area contributed by atoms with Crippen LogP contribution < -0.4 is 10.1 Å². The van der Waals surface area contributed by atoms with Crippen LogP contribution in [0.15, 0.2) is 54.6 Å². The highest BCUT2D eigenvalue weighted by Crippen LogP contribution is 2.30. The highest BCUT2D eigenvalue weighted by molar-refractivity contribution is 5.77. The molecule has 1 N–H and O–H groups in total. The summed E-state index contributed by atoms with van der Waals surface area (Å²) >= 11 is 0. The summed E-state index contributed by atoms with van der Waals surface area (Å²) in [7, 11) is 0. The summed E-state index contributed by atoms with van der Waals surface area (Å²) in [6.45, 7) is 3.71. The van der Waals surface area contributed by atoms with Crippen LogP contribution in [0.4, 0.5) is 13.2 Å². The average molecular weight is 406 g/mol. The normalized spacial score (nSPS) is 20.3. The van der Waals surface area contributed by atoms with Crippen molar-refractivity contribution >= 4 is 5.91 Å². The smallest absolute Gasteiger partial charge is 0.416 e. The summed E-state index contributed by atoms with van der Waals surface area (Å²) in [6, 6.07) is 15.0. The van der Waals surface area contributed by atoms with Gasteiger partial charge in [-0.25, -0.2) is 0 Å². The predicted molar refractivity (Wildman–Crippen MR) is 104 cm³/mol. The number of benzene rings is 2. The van der Waals surface area contributed by atoms with Gasteiger partial charge < -0.3 is 10.1 Å². The second kappa shape index (κ2) is 9.31. The van der Waals surface area contributed by atoms with Gasteiger partial charge in [-0.05, 0) is 49.6 Å². The van der Waals surface area contributed by atoms with Gasteiger partial charge in [-0.1, -0.05) is 30.3 Å². The Morgan fingerprint density at radius 2 is 1.83 bits per heavy atom. The Hall–Kier alpha value is -2.54. The van der Waals surface area contributed by atoms with Gasteiger partial charge in [-0.3, -0.25) is 9.69 Å². The van der Waals surface area contributed by atoms with E-state index in [1.165, 1.54) is 17.7 Å². The van der Waals surface area contributed by atoms with Crippen molar-refractivity contribution in [3.8, 4) is 5.75 Å². The average Bonchev–Trinajstić information content (AvgIpc) is 2.69. The van der Waals surface area contributed by atoms with E-state index in [0.717, 1.165) is 38.1 Å². The molecule has 2 aromatic rings. The van der Waals surface area contributed by atoms with Crippen molar-refractivity contribution < 1.29 is 22.7 Å². The molecule has 1 saturated heterocycles. The molecule has 1 aliphatic heterocycles. The van der Waals surface area contributed by atoms with Crippen LogP contribution in [-0.2, 0) is 17.5 Å². The van der Waals surface area contributed by atoms with E-state index in [1.807, 2.05) is 18.2 Å². The molecular formula is C22H25F3N2O2. The van der Waals surface area contributed by atoms with Gasteiger partial charge in [-0.15, -0.1) is 0 Å². The van der Waals surface area contributed by atoms with Gasteiger partial charge >= 0.3 is 6.18 Å². The summed E-state index contributed by atoms with van der Waals surface area (Å²) in [5.41, 5.74) is 0.525. The fourth-order valence-corrected chi connectivity index (χ4v) is 3.56. The molecule has 156 valence electrons. The summed E-state index contributed by atoms with van der Waals surface area (Å²) in [6.07, 6.45) is -2.69. The van der Waals surface area contributed by atoms with Crippen molar-refractivity contribution in [2.75, 3.05) is 13.2 Å². The highest BCUT2D eigenvalue weighted by atomic mass is 19.4. The van der Waals surface area contributed by atoms with E-state index < -0.39 is 11.7 Å². The van der Waals surface area contributed by atoms with Gasteiger partial charge in [0, 0.05) is 25.2 Å².